The van der Waals surface area contributed by atoms with Crippen molar-refractivity contribution in [2.24, 2.45) is 5.73 Å². The first kappa shape index (κ1) is 15.8. The zero-order valence-corrected chi connectivity index (χ0v) is 11.6. The first-order chi connectivity index (χ1) is 9.52. The molecule has 0 fully saturated rings. The second-order valence-electron chi connectivity index (χ2n) is 4.50. The van der Waals surface area contributed by atoms with E-state index in [1.807, 2.05) is 29.2 Å². The number of hydrogen-bond acceptors (Lipinski definition) is 3. The van der Waals surface area contributed by atoms with Crippen LogP contribution in [0, 0.1) is 0 Å². The molecule has 0 heterocycles. The minimum Gasteiger partial charge on any atom is -0.478 e. The van der Waals surface area contributed by atoms with Gasteiger partial charge in [0.15, 0.2) is 0 Å². The van der Waals surface area contributed by atoms with Crippen LogP contribution in [0.4, 0.5) is 5.69 Å². The fourth-order valence-corrected chi connectivity index (χ4v) is 1.80. The Labute approximate surface area is 118 Å². The number of primary amides is 1. The van der Waals surface area contributed by atoms with E-state index >= 15 is 0 Å². The SMILES string of the molecule is CCCCN(CC(N)=O)c1ccc(C=CC(=O)O)cc1. The molecule has 5 nitrogen and oxygen atoms in total. The van der Waals surface area contributed by atoms with E-state index in [1.165, 1.54) is 6.08 Å². The van der Waals surface area contributed by atoms with Crippen molar-refractivity contribution in [1.82, 2.24) is 0 Å². The molecule has 0 saturated heterocycles. The summed E-state index contributed by atoms with van der Waals surface area (Å²) >= 11 is 0. The second-order valence-corrected chi connectivity index (χ2v) is 4.50. The maximum absolute atomic E-state index is 11.1. The summed E-state index contributed by atoms with van der Waals surface area (Å²) in [5.41, 5.74) is 6.96. The van der Waals surface area contributed by atoms with Crippen molar-refractivity contribution >= 4 is 23.6 Å². The van der Waals surface area contributed by atoms with E-state index in [9.17, 15) is 9.59 Å². The van der Waals surface area contributed by atoms with Gasteiger partial charge in [-0.25, -0.2) is 4.79 Å². The predicted molar refractivity (Wildman–Crippen MR) is 79.4 cm³/mol. The lowest BCUT2D eigenvalue weighted by molar-refractivity contribution is -0.131. The molecule has 0 unspecified atom stereocenters. The Kier molecular flexibility index (Phi) is 6.29. The molecule has 5 heteroatoms. The number of nitrogens with two attached hydrogens (primary N) is 1. The normalized spacial score (nSPS) is 10.7. The van der Waals surface area contributed by atoms with Gasteiger partial charge >= 0.3 is 5.97 Å². The Morgan fingerprint density at radius 3 is 2.45 bits per heavy atom. The molecule has 0 atom stereocenters. The smallest absolute Gasteiger partial charge is 0.328 e. The van der Waals surface area contributed by atoms with Gasteiger partial charge in [0.05, 0.1) is 6.54 Å². The molecule has 1 aromatic rings. The molecule has 0 aliphatic heterocycles. The predicted octanol–water partition coefficient (Wildman–Crippen LogP) is 1.88. The lowest BCUT2D eigenvalue weighted by atomic mass is 10.1. The highest BCUT2D eigenvalue weighted by Crippen LogP contribution is 2.16. The Morgan fingerprint density at radius 1 is 1.30 bits per heavy atom. The lowest BCUT2D eigenvalue weighted by Crippen LogP contribution is -2.34. The summed E-state index contributed by atoms with van der Waals surface area (Å²) in [7, 11) is 0. The first-order valence-electron chi connectivity index (χ1n) is 6.57. The Balaban J connectivity index is 2.80. The second kappa shape index (κ2) is 7.99. The Morgan fingerprint density at radius 2 is 1.95 bits per heavy atom. The molecular weight excluding hydrogens is 256 g/mol. The van der Waals surface area contributed by atoms with Crippen molar-refractivity contribution in [3.05, 3.63) is 35.9 Å². The number of hydrogen-bond donors (Lipinski definition) is 2. The highest BCUT2D eigenvalue weighted by Gasteiger charge is 2.08. The van der Waals surface area contributed by atoms with Gasteiger partial charge in [0.1, 0.15) is 0 Å². The summed E-state index contributed by atoms with van der Waals surface area (Å²) in [5.74, 6) is -1.34. The average Bonchev–Trinajstić information content (AvgIpc) is 2.41. The third-order valence-corrected chi connectivity index (χ3v) is 2.80. The van der Waals surface area contributed by atoms with Crippen LogP contribution in [0.2, 0.25) is 0 Å². The molecule has 0 radical (unpaired) electrons. The summed E-state index contributed by atoms with van der Waals surface area (Å²) < 4.78 is 0. The third-order valence-electron chi connectivity index (χ3n) is 2.80. The highest BCUT2D eigenvalue weighted by molar-refractivity contribution is 5.85. The number of carbonyl (C=O) groups is 2. The fourth-order valence-electron chi connectivity index (χ4n) is 1.80. The van der Waals surface area contributed by atoms with E-state index in [4.69, 9.17) is 10.8 Å². The van der Waals surface area contributed by atoms with E-state index in [0.29, 0.717) is 0 Å². The molecule has 108 valence electrons. The zero-order valence-electron chi connectivity index (χ0n) is 11.6. The summed E-state index contributed by atoms with van der Waals surface area (Å²) in [4.78, 5) is 23.5. The summed E-state index contributed by atoms with van der Waals surface area (Å²) in [5, 5.41) is 8.57. The molecular formula is C15H20N2O3. The van der Waals surface area contributed by atoms with Crippen LogP contribution in [0.25, 0.3) is 6.08 Å². The number of carboxylic acids is 1. The Bertz CT molecular complexity index is 480. The minimum atomic E-state index is -0.979. The van der Waals surface area contributed by atoms with Crippen LogP contribution in [0.5, 0.6) is 0 Å². The van der Waals surface area contributed by atoms with Crippen molar-refractivity contribution in [3.63, 3.8) is 0 Å². The quantitative estimate of drug-likeness (QED) is 0.710. The number of rotatable bonds is 8. The van der Waals surface area contributed by atoms with Crippen molar-refractivity contribution < 1.29 is 14.7 Å². The number of carbonyl (C=O) groups excluding carboxylic acids is 1. The number of carboxylic acid groups (broad SMARTS) is 1. The van der Waals surface area contributed by atoms with Crippen LogP contribution >= 0.6 is 0 Å². The molecule has 1 aromatic carbocycles. The molecule has 0 bridgehead atoms. The van der Waals surface area contributed by atoms with Crippen LogP contribution in [0.15, 0.2) is 30.3 Å². The first-order valence-corrected chi connectivity index (χ1v) is 6.57. The van der Waals surface area contributed by atoms with Crippen LogP contribution in [0.1, 0.15) is 25.3 Å². The van der Waals surface area contributed by atoms with Gasteiger partial charge in [-0.3, -0.25) is 4.79 Å². The largest absolute Gasteiger partial charge is 0.478 e. The molecule has 0 saturated carbocycles. The molecule has 1 rings (SSSR count). The van der Waals surface area contributed by atoms with Crippen molar-refractivity contribution in [2.45, 2.75) is 19.8 Å². The monoisotopic (exact) mass is 276 g/mol. The maximum Gasteiger partial charge on any atom is 0.328 e. The number of amides is 1. The van der Waals surface area contributed by atoms with Gasteiger partial charge < -0.3 is 15.7 Å². The van der Waals surface area contributed by atoms with Gasteiger partial charge in [-0.05, 0) is 30.2 Å². The van der Waals surface area contributed by atoms with Crippen LogP contribution in [-0.4, -0.2) is 30.1 Å². The third kappa shape index (κ3) is 5.56. The summed E-state index contributed by atoms with van der Waals surface area (Å²) in [6, 6.07) is 7.35. The van der Waals surface area contributed by atoms with E-state index in [1.54, 1.807) is 0 Å². The minimum absolute atomic E-state index is 0.185. The highest BCUT2D eigenvalue weighted by atomic mass is 16.4. The number of aliphatic carboxylic acids is 1. The van der Waals surface area contributed by atoms with Gasteiger partial charge in [0.2, 0.25) is 5.91 Å². The van der Waals surface area contributed by atoms with Gasteiger partial charge in [-0.2, -0.15) is 0 Å². The maximum atomic E-state index is 11.1. The van der Waals surface area contributed by atoms with E-state index in [0.717, 1.165) is 36.7 Å². The topological polar surface area (TPSA) is 83.6 Å². The van der Waals surface area contributed by atoms with Gasteiger partial charge in [-0.15, -0.1) is 0 Å². The van der Waals surface area contributed by atoms with E-state index < -0.39 is 5.97 Å². The molecule has 0 aliphatic carbocycles. The van der Waals surface area contributed by atoms with E-state index in [-0.39, 0.29) is 12.5 Å². The van der Waals surface area contributed by atoms with Crippen molar-refractivity contribution in [1.29, 1.82) is 0 Å². The number of nitrogens with zero attached hydrogens (tertiary/aromatic N) is 1. The number of anilines is 1. The lowest BCUT2D eigenvalue weighted by Gasteiger charge is -2.23. The van der Waals surface area contributed by atoms with Crippen LogP contribution in [0.3, 0.4) is 0 Å². The molecule has 0 aromatic heterocycles. The number of benzene rings is 1. The Hall–Kier alpha value is -2.30. The molecule has 1 amide bonds. The number of unbranched alkanes of at least 4 members (excludes halogenated alkanes) is 1. The van der Waals surface area contributed by atoms with Crippen molar-refractivity contribution in [2.75, 3.05) is 18.0 Å². The fraction of sp³-hybridized carbons (Fsp3) is 0.333. The van der Waals surface area contributed by atoms with E-state index in [2.05, 4.69) is 6.92 Å². The van der Waals surface area contributed by atoms with Crippen LogP contribution < -0.4 is 10.6 Å². The average molecular weight is 276 g/mol. The van der Waals surface area contributed by atoms with Gasteiger partial charge in [0, 0.05) is 18.3 Å². The zero-order chi connectivity index (χ0) is 15.0. The molecule has 0 spiro atoms. The molecule has 0 aliphatic rings. The molecule has 20 heavy (non-hydrogen) atoms. The van der Waals surface area contributed by atoms with Crippen LogP contribution in [-0.2, 0) is 9.59 Å². The summed E-state index contributed by atoms with van der Waals surface area (Å²) in [6.45, 7) is 3.04. The van der Waals surface area contributed by atoms with Gasteiger partial charge in [0.25, 0.3) is 0 Å². The van der Waals surface area contributed by atoms with Crippen molar-refractivity contribution in [3.8, 4) is 0 Å². The summed E-state index contributed by atoms with van der Waals surface area (Å²) in [6.07, 6.45) is 4.63. The van der Waals surface area contributed by atoms with Gasteiger partial charge in [-0.1, -0.05) is 25.5 Å². The molecule has 3 N–H and O–H groups in total. The standard InChI is InChI=1S/C15H20N2O3/c1-2-3-10-17(11-14(16)18)13-7-4-12(5-8-13)6-9-15(19)20/h4-9H,2-3,10-11H2,1H3,(H2,16,18)(H,19,20).